The van der Waals surface area contributed by atoms with E-state index in [1.807, 2.05) is 36.4 Å². The molecular formula is C46H27N3. The van der Waals surface area contributed by atoms with E-state index in [4.69, 9.17) is 0 Å². The van der Waals surface area contributed by atoms with Gasteiger partial charge in [-0.15, -0.1) is 0 Å². The quantitative estimate of drug-likeness (QED) is 0.184. The van der Waals surface area contributed by atoms with E-state index in [1.165, 1.54) is 5.56 Å². The molecule has 0 fully saturated rings. The maximum Gasteiger partial charge on any atom is 0.0998 e. The Labute approximate surface area is 283 Å². The molecule has 3 heteroatoms. The molecule has 8 aromatic carbocycles. The Morgan fingerprint density at radius 3 is 1.67 bits per heavy atom. The van der Waals surface area contributed by atoms with Crippen molar-refractivity contribution in [3.05, 3.63) is 175 Å². The van der Waals surface area contributed by atoms with E-state index in [2.05, 4.69) is 144 Å². The first-order chi connectivity index (χ1) is 24.2. The highest BCUT2D eigenvalue weighted by atomic mass is 15.0. The number of nitriles is 2. The molecule has 0 unspecified atom stereocenters. The number of aromatic nitrogens is 1. The van der Waals surface area contributed by atoms with Gasteiger partial charge in [0.15, 0.2) is 0 Å². The molecule has 0 saturated carbocycles. The van der Waals surface area contributed by atoms with E-state index in [1.54, 1.807) is 0 Å². The highest BCUT2D eigenvalue weighted by molar-refractivity contribution is 6.22. The van der Waals surface area contributed by atoms with Gasteiger partial charge in [0, 0.05) is 21.9 Å². The Balaban J connectivity index is 1.33. The van der Waals surface area contributed by atoms with Crippen molar-refractivity contribution in [3.63, 3.8) is 0 Å². The van der Waals surface area contributed by atoms with Crippen LogP contribution in [0.4, 0.5) is 0 Å². The first kappa shape index (κ1) is 28.3. The second-order valence-electron chi connectivity index (χ2n) is 12.3. The van der Waals surface area contributed by atoms with Crippen LogP contribution in [-0.4, -0.2) is 4.57 Å². The minimum absolute atomic E-state index is 0.630. The van der Waals surface area contributed by atoms with Crippen LogP contribution < -0.4 is 0 Å². The second-order valence-corrected chi connectivity index (χ2v) is 12.3. The summed E-state index contributed by atoms with van der Waals surface area (Å²) < 4.78 is 2.29. The standard InChI is InChI=1S/C46H27N3/c47-28-30-22-25-44-41(26-30)35-15-9-11-21-43(35)49(44)42-20-10-8-14-34(42)32-23-24-33(29-48)40(27-32)46-38-18-6-4-16-36(38)45(31-12-2-1-3-13-31)37-17-5-7-19-39(37)46/h1-27H. The van der Waals surface area contributed by atoms with Crippen LogP contribution in [0.2, 0.25) is 0 Å². The van der Waals surface area contributed by atoms with Crippen molar-refractivity contribution in [2.24, 2.45) is 0 Å². The predicted molar refractivity (Wildman–Crippen MR) is 202 cm³/mol. The molecule has 49 heavy (non-hydrogen) atoms. The lowest BCUT2D eigenvalue weighted by molar-refractivity contribution is 1.18. The topological polar surface area (TPSA) is 52.5 Å². The third-order valence-electron chi connectivity index (χ3n) is 9.66. The fourth-order valence-corrected chi connectivity index (χ4v) is 7.57. The van der Waals surface area contributed by atoms with E-state index in [0.717, 1.165) is 76.9 Å². The van der Waals surface area contributed by atoms with Gasteiger partial charge in [-0.1, -0.05) is 121 Å². The molecule has 226 valence electrons. The maximum atomic E-state index is 10.5. The SMILES string of the molecule is N#Cc1ccc2c(c1)c1ccccc1n2-c1ccccc1-c1ccc(C#N)c(-c2c3ccccc3c(-c3ccccc3)c3ccccc23)c1. The van der Waals surface area contributed by atoms with Gasteiger partial charge < -0.3 is 4.57 Å². The molecule has 0 aliphatic heterocycles. The Hall–Kier alpha value is -6.94. The average Bonchev–Trinajstić information content (AvgIpc) is 3.50. The fourth-order valence-electron chi connectivity index (χ4n) is 7.57. The summed E-state index contributed by atoms with van der Waals surface area (Å²) in [6, 6.07) is 61.4. The van der Waals surface area contributed by atoms with Crippen molar-refractivity contribution in [1.82, 2.24) is 4.57 Å². The molecule has 0 spiro atoms. The maximum absolute atomic E-state index is 10.5. The molecule has 0 amide bonds. The summed E-state index contributed by atoms with van der Waals surface area (Å²) in [5.74, 6) is 0. The van der Waals surface area contributed by atoms with Crippen molar-refractivity contribution in [3.8, 4) is 51.2 Å². The normalized spacial score (nSPS) is 11.2. The van der Waals surface area contributed by atoms with E-state index < -0.39 is 0 Å². The lowest BCUT2D eigenvalue weighted by Gasteiger charge is -2.19. The number of benzene rings is 8. The van der Waals surface area contributed by atoms with E-state index >= 15 is 0 Å². The van der Waals surface area contributed by atoms with Crippen LogP contribution in [0.5, 0.6) is 0 Å². The summed E-state index contributed by atoms with van der Waals surface area (Å²) in [4.78, 5) is 0. The Morgan fingerprint density at radius 1 is 0.388 bits per heavy atom. The average molecular weight is 622 g/mol. The van der Waals surface area contributed by atoms with Gasteiger partial charge in [-0.05, 0) is 86.3 Å². The van der Waals surface area contributed by atoms with Crippen molar-refractivity contribution in [1.29, 1.82) is 10.5 Å². The number of nitrogens with zero attached hydrogens (tertiary/aromatic N) is 3. The molecule has 0 N–H and O–H groups in total. The zero-order valence-electron chi connectivity index (χ0n) is 26.4. The zero-order chi connectivity index (χ0) is 32.9. The second kappa shape index (κ2) is 11.4. The summed E-state index contributed by atoms with van der Waals surface area (Å²) in [7, 11) is 0. The lowest BCUT2D eigenvalue weighted by atomic mass is 9.84. The molecule has 1 heterocycles. The largest absolute Gasteiger partial charge is 0.309 e. The van der Waals surface area contributed by atoms with E-state index in [0.29, 0.717) is 11.1 Å². The highest BCUT2D eigenvalue weighted by Crippen LogP contribution is 2.45. The molecule has 0 atom stereocenters. The van der Waals surface area contributed by atoms with Gasteiger partial charge in [0.1, 0.15) is 0 Å². The van der Waals surface area contributed by atoms with Crippen LogP contribution in [0.1, 0.15) is 11.1 Å². The van der Waals surface area contributed by atoms with Gasteiger partial charge in [-0.2, -0.15) is 10.5 Å². The summed E-state index contributed by atoms with van der Waals surface area (Å²) in [6.07, 6.45) is 0. The molecule has 0 saturated heterocycles. The van der Waals surface area contributed by atoms with Crippen LogP contribution in [0.3, 0.4) is 0 Å². The van der Waals surface area contributed by atoms with Crippen molar-refractivity contribution in [2.45, 2.75) is 0 Å². The molecule has 0 bridgehead atoms. The number of para-hydroxylation sites is 2. The Kier molecular flexibility index (Phi) is 6.58. The minimum Gasteiger partial charge on any atom is -0.309 e. The molecule has 9 rings (SSSR count). The van der Waals surface area contributed by atoms with Crippen LogP contribution in [0, 0.1) is 22.7 Å². The summed E-state index contributed by atoms with van der Waals surface area (Å²) in [5, 5.41) is 26.9. The third kappa shape index (κ3) is 4.42. The minimum atomic E-state index is 0.630. The van der Waals surface area contributed by atoms with Crippen molar-refractivity contribution < 1.29 is 0 Å². The van der Waals surface area contributed by atoms with Gasteiger partial charge in [-0.3, -0.25) is 0 Å². The third-order valence-corrected chi connectivity index (χ3v) is 9.66. The van der Waals surface area contributed by atoms with Crippen molar-refractivity contribution in [2.75, 3.05) is 0 Å². The smallest absolute Gasteiger partial charge is 0.0998 e. The monoisotopic (exact) mass is 621 g/mol. The summed E-state index contributed by atoms with van der Waals surface area (Å²) >= 11 is 0. The number of rotatable bonds is 4. The molecule has 0 aliphatic carbocycles. The molecular weight excluding hydrogens is 595 g/mol. The zero-order valence-corrected chi connectivity index (χ0v) is 26.4. The molecule has 1 aromatic heterocycles. The Morgan fingerprint density at radius 2 is 0.980 bits per heavy atom. The summed E-state index contributed by atoms with van der Waals surface area (Å²) in [5.41, 5.74) is 10.8. The molecule has 0 radical (unpaired) electrons. The van der Waals surface area contributed by atoms with E-state index in [9.17, 15) is 10.5 Å². The highest BCUT2D eigenvalue weighted by Gasteiger charge is 2.21. The van der Waals surface area contributed by atoms with Crippen LogP contribution in [0.25, 0.3) is 82.4 Å². The Bertz CT molecular complexity index is 2790. The lowest BCUT2D eigenvalue weighted by Crippen LogP contribution is -1.98. The number of hydrogen-bond donors (Lipinski definition) is 0. The first-order valence-electron chi connectivity index (χ1n) is 16.3. The fraction of sp³-hybridized carbons (Fsp3) is 0. The predicted octanol–water partition coefficient (Wildman–Crippen LogP) is 11.8. The van der Waals surface area contributed by atoms with Gasteiger partial charge in [0.2, 0.25) is 0 Å². The molecule has 0 aliphatic rings. The van der Waals surface area contributed by atoms with Gasteiger partial charge in [0.25, 0.3) is 0 Å². The van der Waals surface area contributed by atoms with Crippen LogP contribution in [-0.2, 0) is 0 Å². The molecule has 3 nitrogen and oxygen atoms in total. The van der Waals surface area contributed by atoms with Crippen LogP contribution in [0.15, 0.2) is 164 Å². The summed E-state index contributed by atoms with van der Waals surface area (Å²) in [6.45, 7) is 0. The number of fused-ring (bicyclic) bond motifs is 5. The van der Waals surface area contributed by atoms with Gasteiger partial charge >= 0.3 is 0 Å². The number of hydrogen-bond acceptors (Lipinski definition) is 2. The van der Waals surface area contributed by atoms with Gasteiger partial charge in [-0.25, -0.2) is 0 Å². The molecule has 9 aromatic rings. The van der Waals surface area contributed by atoms with Gasteiger partial charge in [0.05, 0.1) is 40.0 Å². The first-order valence-corrected chi connectivity index (χ1v) is 16.3. The van der Waals surface area contributed by atoms with Crippen LogP contribution >= 0.6 is 0 Å². The van der Waals surface area contributed by atoms with E-state index in [-0.39, 0.29) is 0 Å². The van der Waals surface area contributed by atoms with Crippen molar-refractivity contribution >= 4 is 43.4 Å².